The van der Waals surface area contributed by atoms with Crippen LogP contribution in [0.15, 0.2) is 0 Å². The highest BCUT2D eigenvalue weighted by atomic mass is 28.4. The van der Waals surface area contributed by atoms with Crippen LogP contribution in [-0.4, -0.2) is 60.8 Å². The van der Waals surface area contributed by atoms with E-state index in [1.165, 1.54) is 0 Å². The maximum Gasteiger partial charge on any atom is 0.420 e. The third-order valence-electron chi connectivity index (χ3n) is 6.74. The van der Waals surface area contributed by atoms with Crippen molar-refractivity contribution in [2.24, 2.45) is 0 Å². The van der Waals surface area contributed by atoms with Gasteiger partial charge < -0.3 is 18.6 Å². The normalized spacial score (nSPS) is 17.3. The summed E-state index contributed by atoms with van der Waals surface area (Å²) in [5.41, 5.74) is -3.37. The number of imide groups is 1. The van der Waals surface area contributed by atoms with E-state index in [2.05, 4.69) is 33.9 Å². The molecule has 8 nitrogen and oxygen atoms in total. The van der Waals surface area contributed by atoms with E-state index in [1.54, 1.807) is 48.5 Å². The number of amides is 2. The van der Waals surface area contributed by atoms with Crippen molar-refractivity contribution >= 4 is 26.5 Å². The lowest BCUT2D eigenvalue weighted by Gasteiger charge is -2.40. The van der Waals surface area contributed by atoms with Gasteiger partial charge in [0, 0.05) is 6.61 Å². The van der Waals surface area contributed by atoms with Crippen LogP contribution in [0.3, 0.4) is 0 Å². The molecule has 0 heterocycles. The van der Waals surface area contributed by atoms with Crippen LogP contribution in [0.5, 0.6) is 0 Å². The van der Waals surface area contributed by atoms with E-state index in [1.807, 2.05) is 0 Å². The summed E-state index contributed by atoms with van der Waals surface area (Å²) in [4.78, 5) is 41.2. The van der Waals surface area contributed by atoms with Gasteiger partial charge >= 0.3 is 18.2 Å². The summed E-state index contributed by atoms with van der Waals surface area (Å²) in [5, 5.41) is 0.0385. The standard InChI is InChI=1S/C27H51NO7Si/c1-24(2,3)34-22(30)28(23(31)35-25(4,5)6)27(10,21(29)33-20-16-13-14-17-20)18-15-19-32-36(11,12)26(7,8)9/h20H,13-19H2,1-12H3. The van der Waals surface area contributed by atoms with Gasteiger partial charge in [-0.1, -0.05) is 20.8 Å². The number of nitrogens with zero attached hydrogens (tertiary/aromatic N) is 1. The molecule has 0 aromatic heterocycles. The van der Waals surface area contributed by atoms with E-state index in [9.17, 15) is 14.4 Å². The molecule has 1 aliphatic carbocycles. The van der Waals surface area contributed by atoms with Crippen molar-refractivity contribution in [1.82, 2.24) is 4.90 Å². The molecule has 0 spiro atoms. The van der Waals surface area contributed by atoms with E-state index < -0.39 is 43.2 Å². The Kier molecular flexibility index (Phi) is 10.7. The molecule has 1 atom stereocenters. The molecule has 0 saturated heterocycles. The monoisotopic (exact) mass is 529 g/mol. The zero-order valence-corrected chi connectivity index (χ0v) is 25.8. The highest BCUT2D eigenvalue weighted by molar-refractivity contribution is 6.74. The van der Waals surface area contributed by atoms with Crippen LogP contribution in [-0.2, 0) is 23.4 Å². The second-order valence-electron chi connectivity index (χ2n) is 13.6. The SMILES string of the molecule is CC(C)(C)OC(=O)N(C(=O)OC(C)(C)C)C(C)(CCCO[Si](C)(C)C(C)(C)C)C(=O)OC1CCCC1. The molecule has 0 bridgehead atoms. The maximum atomic E-state index is 13.6. The number of esters is 1. The molecule has 0 aromatic carbocycles. The molecule has 210 valence electrons. The first-order valence-corrected chi connectivity index (χ1v) is 16.1. The van der Waals surface area contributed by atoms with Gasteiger partial charge in [-0.05, 0) is 105 Å². The topological polar surface area (TPSA) is 91.4 Å². The van der Waals surface area contributed by atoms with E-state index in [0.29, 0.717) is 13.0 Å². The molecule has 0 aromatic rings. The quantitative estimate of drug-likeness (QED) is 0.142. The minimum absolute atomic E-state index is 0.0385. The van der Waals surface area contributed by atoms with E-state index in [0.717, 1.165) is 30.6 Å². The Morgan fingerprint density at radius 3 is 1.64 bits per heavy atom. The predicted octanol–water partition coefficient (Wildman–Crippen LogP) is 7.21. The Morgan fingerprint density at radius 2 is 1.25 bits per heavy atom. The Morgan fingerprint density at radius 1 is 0.806 bits per heavy atom. The van der Waals surface area contributed by atoms with Gasteiger partial charge in [0.15, 0.2) is 13.9 Å². The second-order valence-corrected chi connectivity index (χ2v) is 18.4. The number of rotatable bonds is 8. The highest BCUT2D eigenvalue weighted by Gasteiger charge is 2.51. The average Bonchev–Trinajstić information content (AvgIpc) is 3.14. The first-order valence-electron chi connectivity index (χ1n) is 13.2. The number of ether oxygens (including phenoxy) is 3. The number of hydrogen-bond donors (Lipinski definition) is 0. The van der Waals surface area contributed by atoms with Crippen molar-refractivity contribution < 1.29 is 33.0 Å². The smallest absolute Gasteiger partial charge is 0.420 e. The van der Waals surface area contributed by atoms with Crippen LogP contribution in [0.1, 0.15) is 108 Å². The van der Waals surface area contributed by atoms with Crippen LogP contribution in [0.4, 0.5) is 9.59 Å². The third kappa shape index (κ3) is 9.69. The van der Waals surface area contributed by atoms with Gasteiger partial charge in [0.1, 0.15) is 17.3 Å². The zero-order valence-electron chi connectivity index (χ0n) is 24.8. The molecule has 9 heteroatoms. The van der Waals surface area contributed by atoms with Crippen LogP contribution in [0, 0.1) is 0 Å². The van der Waals surface area contributed by atoms with Gasteiger partial charge in [0.25, 0.3) is 0 Å². The van der Waals surface area contributed by atoms with Crippen molar-refractivity contribution in [2.75, 3.05) is 6.61 Å². The second kappa shape index (κ2) is 11.8. The number of hydrogen-bond acceptors (Lipinski definition) is 7. The Labute approximate surface area is 219 Å². The highest BCUT2D eigenvalue weighted by Crippen LogP contribution is 2.37. The molecule has 1 unspecified atom stereocenters. The molecule has 2 amide bonds. The van der Waals surface area contributed by atoms with E-state index in [-0.39, 0.29) is 17.6 Å². The molecule has 1 aliphatic rings. The lowest BCUT2D eigenvalue weighted by atomic mass is 9.94. The lowest BCUT2D eigenvalue weighted by molar-refractivity contribution is -0.162. The lowest BCUT2D eigenvalue weighted by Crippen LogP contribution is -2.60. The number of carbonyl (C=O) groups excluding carboxylic acids is 3. The van der Waals surface area contributed by atoms with Crippen LogP contribution in [0.2, 0.25) is 18.1 Å². The summed E-state index contributed by atoms with van der Waals surface area (Å²) in [7, 11) is -2.01. The van der Waals surface area contributed by atoms with Crippen LogP contribution in [0.25, 0.3) is 0 Å². The molecular weight excluding hydrogens is 478 g/mol. The average molecular weight is 530 g/mol. The zero-order chi connectivity index (χ0) is 28.2. The van der Waals surface area contributed by atoms with Gasteiger partial charge in [0.2, 0.25) is 0 Å². The molecule has 0 aliphatic heterocycles. The minimum atomic E-state index is -2.01. The van der Waals surface area contributed by atoms with E-state index in [4.69, 9.17) is 18.6 Å². The third-order valence-corrected chi connectivity index (χ3v) is 11.3. The molecule has 1 rings (SSSR count). The summed E-state index contributed by atoms with van der Waals surface area (Å²) < 4.78 is 23.3. The Bertz CT molecular complexity index is 742. The molecule has 0 radical (unpaired) electrons. The summed E-state index contributed by atoms with van der Waals surface area (Å²) in [5.74, 6) is -0.626. The van der Waals surface area contributed by atoms with Gasteiger partial charge in [-0.2, -0.15) is 4.90 Å². The first-order chi connectivity index (χ1) is 16.1. The van der Waals surface area contributed by atoms with Crippen molar-refractivity contribution in [3.63, 3.8) is 0 Å². The van der Waals surface area contributed by atoms with Crippen molar-refractivity contribution in [1.29, 1.82) is 0 Å². The van der Waals surface area contributed by atoms with E-state index >= 15 is 0 Å². The number of carbonyl (C=O) groups is 3. The van der Waals surface area contributed by atoms with Gasteiger partial charge in [-0.15, -0.1) is 0 Å². The molecule has 0 N–H and O–H groups in total. The molecule has 1 saturated carbocycles. The first kappa shape index (κ1) is 32.4. The summed E-state index contributed by atoms with van der Waals surface area (Å²) in [6.45, 7) is 23.0. The Balaban J connectivity index is 3.31. The molecule has 1 fully saturated rings. The molecular formula is C27H51NO7Si. The van der Waals surface area contributed by atoms with Gasteiger partial charge in [-0.3, -0.25) is 0 Å². The summed E-state index contributed by atoms with van der Waals surface area (Å²) >= 11 is 0. The van der Waals surface area contributed by atoms with Crippen molar-refractivity contribution in [3.05, 3.63) is 0 Å². The van der Waals surface area contributed by atoms with Gasteiger partial charge in [-0.25, -0.2) is 14.4 Å². The van der Waals surface area contributed by atoms with Gasteiger partial charge in [0.05, 0.1) is 0 Å². The van der Waals surface area contributed by atoms with Crippen LogP contribution < -0.4 is 0 Å². The summed E-state index contributed by atoms with van der Waals surface area (Å²) in [6.07, 6.45) is 2.02. The predicted molar refractivity (Wildman–Crippen MR) is 143 cm³/mol. The fourth-order valence-electron chi connectivity index (χ4n) is 3.64. The fourth-order valence-corrected chi connectivity index (χ4v) is 4.73. The molecule has 36 heavy (non-hydrogen) atoms. The maximum absolute atomic E-state index is 13.6. The van der Waals surface area contributed by atoms with Crippen LogP contribution >= 0.6 is 0 Å². The van der Waals surface area contributed by atoms with Crippen molar-refractivity contribution in [2.45, 2.75) is 149 Å². The largest absolute Gasteiger partial charge is 0.461 e. The van der Waals surface area contributed by atoms with Crippen molar-refractivity contribution in [3.8, 4) is 0 Å². The minimum Gasteiger partial charge on any atom is -0.461 e. The fraction of sp³-hybridized carbons (Fsp3) is 0.889. The Hall–Kier alpha value is -1.61. The summed E-state index contributed by atoms with van der Waals surface area (Å²) in [6, 6.07) is 0.